The number of hydrogen-bond donors (Lipinski definition) is 1. The first-order chi connectivity index (χ1) is 6.63. The van der Waals surface area contributed by atoms with Crippen molar-refractivity contribution in [2.24, 2.45) is 5.92 Å². The Morgan fingerprint density at radius 1 is 1.21 bits per heavy atom. The van der Waals surface area contributed by atoms with Crippen molar-refractivity contribution in [3.63, 3.8) is 0 Å². The van der Waals surface area contributed by atoms with Gasteiger partial charge in [-0.3, -0.25) is 0 Å². The molecular weight excluding hydrogens is 172 g/mol. The lowest BCUT2D eigenvalue weighted by atomic mass is 10.0. The van der Waals surface area contributed by atoms with Crippen LogP contribution in [0.1, 0.15) is 40.5 Å². The molecular formula is C12H26N2. The SMILES string of the molecule is CCN1CCC(NC(C)C(C)C)CC1. The summed E-state index contributed by atoms with van der Waals surface area (Å²) in [7, 11) is 0. The number of rotatable bonds is 4. The van der Waals surface area contributed by atoms with E-state index in [0.717, 1.165) is 12.0 Å². The molecule has 0 aliphatic carbocycles. The van der Waals surface area contributed by atoms with Crippen molar-refractivity contribution in [2.45, 2.75) is 52.6 Å². The molecule has 1 N–H and O–H groups in total. The Morgan fingerprint density at radius 2 is 1.79 bits per heavy atom. The fourth-order valence-electron chi connectivity index (χ4n) is 1.98. The van der Waals surface area contributed by atoms with Gasteiger partial charge in [0.1, 0.15) is 0 Å². The van der Waals surface area contributed by atoms with Crippen LogP contribution < -0.4 is 5.32 Å². The van der Waals surface area contributed by atoms with Gasteiger partial charge < -0.3 is 10.2 Å². The summed E-state index contributed by atoms with van der Waals surface area (Å²) in [4.78, 5) is 2.54. The van der Waals surface area contributed by atoms with Gasteiger partial charge in [0.15, 0.2) is 0 Å². The molecule has 1 saturated heterocycles. The van der Waals surface area contributed by atoms with Gasteiger partial charge in [-0.1, -0.05) is 20.8 Å². The van der Waals surface area contributed by atoms with Gasteiger partial charge in [0, 0.05) is 12.1 Å². The van der Waals surface area contributed by atoms with E-state index in [1.54, 1.807) is 0 Å². The summed E-state index contributed by atoms with van der Waals surface area (Å²) in [5.41, 5.74) is 0. The van der Waals surface area contributed by atoms with E-state index >= 15 is 0 Å². The van der Waals surface area contributed by atoms with Gasteiger partial charge in [-0.05, 0) is 45.3 Å². The highest BCUT2D eigenvalue weighted by atomic mass is 15.1. The Labute approximate surface area is 89.1 Å². The molecule has 0 spiro atoms. The minimum Gasteiger partial charge on any atom is -0.311 e. The summed E-state index contributed by atoms with van der Waals surface area (Å²) in [5, 5.41) is 3.74. The molecule has 84 valence electrons. The zero-order valence-electron chi connectivity index (χ0n) is 10.2. The molecule has 1 unspecified atom stereocenters. The minimum atomic E-state index is 0.660. The summed E-state index contributed by atoms with van der Waals surface area (Å²) in [5.74, 6) is 0.749. The third kappa shape index (κ3) is 3.58. The molecule has 0 aromatic rings. The van der Waals surface area contributed by atoms with Gasteiger partial charge in [-0.2, -0.15) is 0 Å². The average molecular weight is 198 g/mol. The standard InChI is InChI=1S/C12H26N2/c1-5-14-8-6-12(7-9-14)13-11(4)10(2)3/h10-13H,5-9H2,1-4H3. The smallest absolute Gasteiger partial charge is 0.00939 e. The summed E-state index contributed by atoms with van der Waals surface area (Å²) in [6, 6.07) is 1.42. The molecule has 0 bridgehead atoms. The summed E-state index contributed by atoms with van der Waals surface area (Å²) in [6.45, 7) is 12.9. The van der Waals surface area contributed by atoms with Crippen LogP contribution >= 0.6 is 0 Å². The molecule has 1 aliphatic rings. The maximum absolute atomic E-state index is 3.74. The molecule has 2 nitrogen and oxygen atoms in total. The topological polar surface area (TPSA) is 15.3 Å². The van der Waals surface area contributed by atoms with Crippen LogP contribution in [0, 0.1) is 5.92 Å². The lowest BCUT2D eigenvalue weighted by Gasteiger charge is -2.34. The minimum absolute atomic E-state index is 0.660. The number of nitrogens with one attached hydrogen (secondary N) is 1. The lowest BCUT2D eigenvalue weighted by Crippen LogP contribution is -2.46. The van der Waals surface area contributed by atoms with Crippen molar-refractivity contribution in [3.05, 3.63) is 0 Å². The van der Waals surface area contributed by atoms with E-state index in [1.165, 1.54) is 32.5 Å². The number of nitrogens with zero attached hydrogens (tertiary/aromatic N) is 1. The molecule has 1 atom stereocenters. The second kappa shape index (κ2) is 5.72. The molecule has 0 saturated carbocycles. The van der Waals surface area contributed by atoms with Crippen LogP contribution in [0.4, 0.5) is 0 Å². The van der Waals surface area contributed by atoms with Crippen molar-refractivity contribution >= 4 is 0 Å². The zero-order chi connectivity index (χ0) is 10.6. The quantitative estimate of drug-likeness (QED) is 0.744. The van der Waals surface area contributed by atoms with Crippen LogP contribution in [0.5, 0.6) is 0 Å². The van der Waals surface area contributed by atoms with E-state index in [4.69, 9.17) is 0 Å². The second-order valence-electron chi connectivity index (χ2n) is 4.91. The average Bonchev–Trinajstić information content (AvgIpc) is 2.19. The molecule has 1 aliphatic heterocycles. The summed E-state index contributed by atoms with van der Waals surface area (Å²) < 4.78 is 0. The van der Waals surface area contributed by atoms with E-state index in [0.29, 0.717) is 6.04 Å². The molecule has 1 heterocycles. The van der Waals surface area contributed by atoms with Crippen molar-refractivity contribution in [1.29, 1.82) is 0 Å². The van der Waals surface area contributed by atoms with Crippen LogP contribution in [-0.4, -0.2) is 36.6 Å². The molecule has 1 rings (SSSR count). The van der Waals surface area contributed by atoms with Crippen LogP contribution in [-0.2, 0) is 0 Å². The first kappa shape index (κ1) is 12.0. The van der Waals surface area contributed by atoms with Crippen LogP contribution in [0.25, 0.3) is 0 Å². The highest BCUT2D eigenvalue weighted by molar-refractivity contribution is 4.79. The number of piperidine rings is 1. The first-order valence-electron chi connectivity index (χ1n) is 6.12. The first-order valence-corrected chi connectivity index (χ1v) is 6.12. The summed E-state index contributed by atoms with van der Waals surface area (Å²) >= 11 is 0. The fraction of sp³-hybridized carbons (Fsp3) is 1.00. The van der Waals surface area contributed by atoms with Crippen molar-refractivity contribution in [2.75, 3.05) is 19.6 Å². The second-order valence-corrected chi connectivity index (χ2v) is 4.91. The molecule has 0 aromatic heterocycles. The Bertz CT molecular complexity index is 148. The highest BCUT2D eigenvalue weighted by Crippen LogP contribution is 2.12. The van der Waals surface area contributed by atoms with Gasteiger partial charge in [0.25, 0.3) is 0 Å². The van der Waals surface area contributed by atoms with E-state index in [1.807, 2.05) is 0 Å². The van der Waals surface area contributed by atoms with Gasteiger partial charge in [-0.15, -0.1) is 0 Å². The largest absolute Gasteiger partial charge is 0.311 e. The Balaban J connectivity index is 2.22. The molecule has 0 radical (unpaired) electrons. The Kier molecular flexibility index (Phi) is 4.90. The molecule has 2 heteroatoms. The fourth-order valence-corrected chi connectivity index (χ4v) is 1.98. The third-order valence-electron chi connectivity index (χ3n) is 3.53. The van der Waals surface area contributed by atoms with Crippen LogP contribution in [0.3, 0.4) is 0 Å². The third-order valence-corrected chi connectivity index (χ3v) is 3.53. The number of hydrogen-bond acceptors (Lipinski definition) is 2. The number of likely N-dealkylation sites (tertiary alicyclic amines) is 1. The Morgan fingerprint density at radius 3 is 2.21 bits per heavy atom. The van der Waals surface area contributed by atoms with Gasteiger partial charge in [0.05, 0.1) is 0 Å². The van der Waals surface area contributed by atoms with Gasteiger partial charge in [0.2, 0.25) is 0 Å². The predicted octanol–water partition coefficient (Wildman–Crippen LogP) is 2.10. The van der Waals surface area contributed by atoms with E-state index < -0.39 is 0 Å². The normalized spacial score (nSPS) is 22.9. The Hall–Kier alpha value is -0.0800. The van der Waals surface area contributed by atoms with Crippen molar-refractivity contribution < 1.29 is 0 Å². The zero-order valence-corrected chi connectivity index (χ0v) is 10.2. The van der Waals surface area contributed by atoms with Crippen molar-refractivity contribution in [3.8, 4) is 0 Å². The highest BCUT2D eigenvalue weighted by Gasteiger charge is 2.19. The van der Waals surface area contributed by atoms with Crippen molar-refractivity contribution in [1.82, 2.24) is 10.2 Å². The maximum Gasteiger partial charge on any atom is 0.00939 e. The predicted molar refractivity (Wildman–Crippen MR) is 62.6 cm³/mol. The molecule has 1 fully saturated rings. The van der Waals surface area contributed by atoms with Crippen LogP contribution in [0.2, 0.25) is 0 Å². The van der Waals surface area contributed by atoms with Gasteiger partial charge in [-0.25, -0.2) is 0 Å². The summed E-state index contributed by atoms with van der Waals surface area (Å²) in [6.07, 6.45) is 2.65. The maximum atomic E-state index is 3.74. The lowest BCUT2D eigenvalue weighted by molar-refractivity contribution is 0.194. The molecule has 14 heavy (non-hydrogen) atoms. The van der Waals surface area contributed by atoms with E-state index in [9.17, 15) is 0 Å². The van der Waals surface area contributed by atoms with E-state index in [2.05, 4.69) is 37.9 Å². The van der Waals surface area contributed by atoms with E-state index in [-0.39, 0.29) is 0 Å². The molecule has 0 aromatic carbocycles. The monoisotopic (exact) mass is 198 g/mol. The molecule has 0 amide bonds. The van der Waals surface area contributed by atoms with Gasteiger partial charge >= 0.3 is 0 Å². The van der Waals surface area contributed by atoms with Crippen LogP contribution in [0.15, 0.2) is 0 Å².